The smallest absolute Gasteiger partial charge is 1.00 e. The van der Waals surface area contributed by atoms with E-state index in [1.54, 1.807) is 22.3 Å². The van der Waals surface area contributed by atoms with E-state index in [1.165, 1.54) is 101 Å². The number of hydrogen-bond donors (Lipinski definition) is 0. The van der Waals surface area contributed by atoms with Crippen LogP contribution in [0.3, 0.4) is 0 Å². The van der Waals surface area contributed by atoms with E-state index in [0.29, 0.717) is 10.1 Å². The van der Waals surface area contributed by atoms with E-state index < -0.39 is 39.5 Å². The van der Waals surface area contributed by atoms with Crippen LogP contribution in [0.1, 0.15) is 131 Å². The van der Waals surface area contributed by atoms with Gasteiger partial charge in [0.1, 0.15) is 0 Å². The van der Waals surface area contributed by atoms with Gasteiger partial charge in [0.25, 0.3) is 0 Å². The van der Waals surface area contributed by atoms with Gasteiger partial charge in [0, 0.05) is 0 Å². The van der Waals surface area contributed by atoms with Crippen molar-refractivity contribution < 1.29 is 56.6 Å². The molecule has 0 unspecified atom stereocenters. The van der Waals surface area contributed by atoms with Crippen molar-refractivity contribution in [1.29, 1.82) is 0 Å². The number of rotatable bonds is 10. The second kappa shape index (κ2) is 14.3. The molecule has 7 heteroatoms. The molecular weight excluding hydrogens is 770 g/mol. The first-order valence-electron chi connectivity index (χ1n) is 17.3. The van der Waals surface area contributed by atoms with Crippen LogP contribution in [0.2, 0.25) is 43.6 Å². The van der Waals surface area contributed by atoms with E-state index in [9.17, 15) is 0 Å². The Hall–Kier alpha value is 0.444. The van der Waals surface area contributed by atoms with Crippen molar-refractivity contribution in [2.24, 2.45) is 0 Å². The fourth-order valence-electron chi connectivity index (χ4n) is 8.33. The molecule has 0 N–H and O–H groups in total. The van der Waals surface area contributed by atoms with Crippen molar-refractivity contribution in [2.75, 3.05) is 0 Å². The van der Waals surface area contributed by atoms with E-state index in [4.69, 9.17) is 8.85 Å². The Morgan fingerprint density at radius 1 is 0.581 bits per heavy atom. The van der Waals surface area contributed by atoms with Gasteiger partial charge in [-0.15, -0.1) is 0 Å². The molecule has 2 nitrogen and oxygen atoms in total. The fraction of sp³-hybridized carbons (Fsp3) is 0.778. The number of hydrogen-bond acceptors (Lipinski definition) is 2. The van der Waals surface area contributed by atoms with Gasteiger partial charge >= 0.3 is 268 Å². The third-order valence-corrected chi connectivity index (χ3v) is 28.1. The zero-order valence-electron chi connectivity index (χ0n) is 29.1. The second-order valence-corrected chi connectivity index (χ2v) is 30.7. The van der Waals surface area contributed by atoms with Crippen molar-refractivity contribution in [2.45, 2.75) is 175 Å². The van der Waals surface area contributed by atoms with Crippen LogP contribution < -0.4 is 24.8 Å². The summed E-state index contributed by atoms with van der Waals surface area (Å²) in [5, 5.41) is 0.581. The molecular formula is C36H60Cl2HfO2Si2. The van der Waals surface area contributed by atoms with E-state index in [1.807, 2.05) is 11.1 Å². The molecule has 0 spiro atoms. The van der Waals surface area contributed by atoms with Gasteiger partial charge in [-0.25, -0.2) is 0 Å². The predicted molar refractivity (Wildman–Crippen MR) is 177 cm³/mol. The van der Waals surface area contributed by atoms with E-state index in [0.717, 1.165) is 7.35 Å². The van der Waals surface area contributed by atoms with Crippen LogP contribution in [0.25, 0.3) is 0 Å². The molecule has 1 aliphatic heterocycles. The third-order valence-electron chi connectivity index (χ3n) is 12.3. The summed E-state index contributed by atoms with van der Waals surface area (Å²) < 4.78 is 16.5. The molecule has 1 saturated heterocycles. The van der Waals surface area contributed by atoms with Crippen molar-refractivity contribution in [3.05, 3.63) is 45.0 Å². The molecule has 5 aliphatic rings. The summed E-state index contributed by atoms with van der Waals surface area (Å²) in [5.74, 6) is 2.88. The van der Waals surface area contributed by atoms with Crippen LogP contribution in [-0.4, -0.2) is 16.6 Å². The average Bonchev–Trinajstić information content (AvgIpc) is 3.24. The molecule has 0 aromatic carbocycles. The molecule has 1 fully saturated rings. The van der Waals surface area contributed by atoms with Gasteiger partial charge in [-0.05, 0) is 0 Å². The summed E-state index contributed by atoms with van der Waals surface area (Å²) >= 11 is -1.10. The van der Waals surface area contributed by atoms with Gasteiger partial charge in [-0.3, -0.25) is 0 Å². The Labute approximate surface area is 291 Å². The van der Waals surface area contributed by atoms with Gasteiger partial charge in [0.2, 0.25) is 0 Å². The Morgan fingerprint density at radius 3 is 1.28 bits per heavy atom. The van der Waals surface area contributed by atoms with E-state index in [2.05, 4.69) is 67.7 Å². The van der Waals surface area contributed by atoms with Gasteiger partial charge in [-0.2, -0.15) is 0 Å². The predicted octanol–water partition coefficient (Wildman–Crippen LogP) is 6.33. The molecule has 1 heterocycles. The monoisotopic (exact) mass is 830 g/mol. The zero-order chi connectivity index (χ0) is 29.8. The second-order valence-electron chi connectivity index (χ2n) is 16.2. The minimum atomic E-state index is -1.93. The molecule has 0 radical (unpaired) electrons. The van der Waals surface area contributed by atoms with Crippen LogP contribution in [0.15, 0.2) is 45.0 Å². The van der Waals surface area contributed by atoms with Gasteiger partial charge in [-0.1, -0.05) is 0 Å². The molecule has 0 aromatic heterocycles. The number of allylic oxidation sites excluding steroid dienone is 6. The number of fused-ring (bicyclic) bond motifs is 4. The first-order valence-corrected chi connectivity index (χ1v) is 27.3. The minimum Gasteiger partial charge on any atom is -1.00 e. The van der Waals surface area contributed by atoms with Crippen LogP contribution in [0.4, 0.5) is 0 Å². The Bertz CT molecular complexity index is 1090. The Morgan fingerprint density at radius 2 is 0.930 bits per heavy atom. The van der Waals surface area contributed by atoms with Crippen molar-refractivity contribution in [3.63, 3.8) is 0 Å². The quantitative estimate of drug-likeness (QED) is 0.240. The zero-order valence-corrected chi connectivity index (χ0v) is 36.2. The molecule has 0 amide bonds. The molecule has 0 bridgehead atoms. The molecule has 0 aromatic rings. The average molecular weight is 830 g/mol. The standard InChI is InChI=1S/C36H60O2Si2.2ClH.Hf/c1-11-23-35(3,4)39(7,8)37-33-29(25-27-17-13-15-19-31(27)33)21-22-30-26-28-18-14-16-20-32(28)34(30)38-40(9,10)36(5,6)24-12-2;;;/h25-26H,11-24H2,1-10H3;2*1H;/q;;;+2/p-2. The van der Waals surface area contributed by atoms with Gasteiger partial charge in [0.15, 0.2) is 0 Å². The van der Waals surface area contributed by atoms with Crippen molar-refractivity contribution in [3.8, 4) is 0 Å². The summed E-state index contributed by atoms with van der Waals surface area (Å²) in [5.41, 5.74) is 10.7. The van der Waals surface area contributed by atoms with Crippen LogP contribution in [-0.2, 0) is 31.8 Å². The third kappa shape index (κ3) is 7.02. The maximum absolute atomic E-state index is 7.46. The molecule has 242 valence electrons. The summed E-state index contributed by atoms with van der Waals surface area (Å²) in [6, 6.07) is 0. The summed E-state index contributed by atoms with van der Waals surface area (Å²) in [6.07, 6.45) is 18.2. The summed E-state index contributed by atoms with van der Waals surface area (Å²) in [4.78, 5) is 0. The van der Waals surface area contributed by atoms with E-state index in [-0.39, 0.29) is 24.8 Å². The minimum absolute atomic E-state index is 0. The van der Waals surface area contributed by atoms with E-state index >= 15 is 0 Å². The summed E-state index contributed by atoms with van der Waals surface area (Å²) in [6.45, 7) is 24.7. The summed E-state index contributed by atoms with van der Waals surface area (Å²) in [7, 11) is -3.86. The van der Waals surface area contributed by atoms with Crippen LogP contribution in [0.5, 0.6) is 0 Å². The fourth-order valence-corrected chi connectivity index (χ4v) is 20.5. The van der Waals surface area contributed by atoms with Crippen LogP contribution >= 0.6 is 0 Å². The topological polar surface area (TPSA) is 18.5 Å². The Balaban J connectivity index is 0.00000253. The largest absolute Gasteiger partial charge is 1.00 e. The molecule has 0 saturated carbocycles. The van der Waals surface area contributed by atoms with Crippen molar-refractivity contribution in [1.82, 2.24) is 0 Å². The molecule has 5 rings (SSSR count). The number of halogens is 2. The maximum Gasteiger partial charge on any atom is -1.00 e. The Kier molecular flexibility index (Phi) is 12.6. The SMILES string of the molecule is CCCC(C)(C)[Si](C)(C)OC1=C2CCC3=C(O[Si](C)(C)C(C)(C)CCC)C4=C(CCCC4)[C@@H]3[Hf+2][C@@H]2C2=C1CCCC2.[Cl-].[Cl-]. The first kappa shape index (κ1) is 37.9. The maximum atomic E-state index is 7.46. The molecule has 2 atom stereocenters. The molecule has 43 heavy (non-hydrogen) atoms. The molecule has 4 aliphatic carbocycles. The first-order chi connectivity index (χ1) is 19.2. The van der Waals surface area contributed by atoms with Crippen LogP contribution in [0, 0.1) is 0 Å². The van der Waals surface area contributed by atoms with Gasteiger partial charge in [0.05, 0.1) is 0 Å². The normalized spacial score (nSPS) is 24.1. The van der Waals surface area contributed by atoms with Gasteiger partial charge < -0.3 is 24.8 Å². The van der Waals surface area contributed by atoms with Crippen molar-refractivity contribution >= 4 is 16.6 Å².